The number of benzene rings is 1. The van der Waals surface area contributed by atoms with Crippen LogP contribution >= 0.6 is 11.6 Å². The third-order valence-corrected chi connectivity index (χ3v) is 3.91. The Hall–Kier alpha value is -1.06. The first-order valence-electron chi connectivity index (χ1n) is 6.93. The van der Waals surface area contributed by atoms with Crippen LogP contribution in [0.1, 0.15) is 44.2 Å². The summed E-state index contributed by atoms with van der Waals surface area (Å²) in [4.78, 5) is 11.8. The molecule has 0 aromatic heterocycles. The molecule has 3 nitrogen and oxygen atoms in total. The number of rotatable bonds is 5. The van der Waals surface area contributed by atoms with E-state index < -0.39 is 0 Å². The van der Waals surface area contributed by atoms with Crippen molar-refractivity contribution in [1.82, 2.24) is 10.6 Å². The molecule has 2 N–H and O–H groups in total. The second-order valence-corrected chi connectivity index (χ2v) is 5.64. The summed E-state index contributed by atoms with van der Waals surface area (Å²) in [7, 11) is 0. The molecule has 1 aliphatic carbocycles. The SMILES string of the molecule is C[C@@H](NCC(=O)NC1CCCC1)c1ccc(Cl)cc1. The Morgan fingerprint density at radius 3 is 2.58 bits per heavy atom. The molecule has 1 atom stereocenters. The summed E-state index contributed by atoms with van der Waals surface area (Å²) in [5, 5.41) is 7.04. The molecule has 4 heteroatoms. The molecule has 19 heavy (non-hydrogen) atoms. The fourth-order valence-corrected chi connectivity index (χ4v) is 2.59. The summed E-state index contributed by atoms with van der Waals surface area (Å²) >= 11 is 5.85. The van der Waals surface area contributed by atoms with Gasteiger partial charge in [0.05, 0.1) is 6.54 Å². The van der Waals surface area contributed by atoms with E-state index in [1.807, 2.05) is 31.2 Å². The summed E-state index contributed by atoms with van der Waals surface area (Å²) in [6.07, 6.45) is 4.72. The molecule has 0 heterocycles. The highest BCUT2D eigenvalue weighted by molar-refractivity contribution is 6.30. The lowest BCUT2D eigenvalue weighted by Crippen LogP contribution is -2.39. The maximum Gasteiger partial charge on any atom is 0.234 e. The summed E-state index contributed by atoms with van der Waals surface area (Å²) < 4.78 is 0. The van der Waals surface area contributed by atoms with Crippen molar-refractivity contribution in [1.29, 1.82) is 0 Å². The van der Waals surface area contributed by atoms with E-state index >= 15 is 0 Å². The van der Waals surface area contributed by atoms with Crippen LogP contribution in [0.5, 0.6) is 0 Å². The number of carbonyl (C=O) groups is 1. The minimum atomic E-state index is 0.0905. The number of carbonyl (C=O) groups excluding carboxylic acids is 1. The normalized spacial score (nSPS) is 17.4. The second kappa shape index (κ2) is 6.92. The summed E-state index contributed by atoms with van der Waals surface area (Å²) in [6.45, 7) is 2.41. The van der Waals surface area contributed by atoms with Crippen molar-refractivity contribution in [3.63, 3.8) is 0 Å². The van der Waals surface area contributed by atoms with Gasteiger partial charge in [-0.05, 0) is 37.5 Å². The highest BCUT2D eigenvalue weighted by Crippen LogP contribution is 2.18. The largest absolute Gasteiger partial charge is 0.352 e. The van der Waals surface area contributed by atoms with Gasteiger partial charge in [0.1, 0.15) is 0 Å². The zero-order valence-corrected chi connectivity index (χ0v) is 12.0. The predicted molar refractivity (Wildman–Crippen MR) is 78.3 cm³/mol. The fourth-order valence-electron chi connectivity index (χ4n) is 2.46. The predicted octanol–water partition coefficient (Wildman–Crippen LogP) is 3.05. The van der Waals surface area contributed by atoms with E-state index in [0.717, 1.165) is 23.4 Å². The van der Waals surface area contributed by atoms with Gasteiger partial charge in [0.15, 0.2) is 0 Å². The van der Waals surface area contributed by atoms with Crippen molar-refractivity contribution >= 4 is 17.5 Å². The van der Waals surface area contributed by atoms with Crippen molar-refractivity contribution in [2.24, 2.45) is 0 Å². The smallest absolute Gasteiger partial charge is 0.234 e. The first kappa shape index (κ1) is 14.4. The van der Waals surface area contributed by atoms with E-state index in [1.54, 1.807) is 0 Å². The Bertz CT molecular complexity index is 413. The van der Waals surface area contributed by atoms with Crippen LogP contribution < -0.4 is 10.6 Å². The van der Waals surface area contributed by atoms with Crippen molar-refractivity contribution in [2.75, 3.05) is 6.54 Å². The van der Waals surface area contributed by atoms with Crippen LogP contribution in [0.2, 0.25) is 5.02 Å². The molecule has 0 unspecified atom stereocenters. The third-order valence-electron chi connectivity index (χ3n) is 3.66. The van der Waals surface area contributed by atoms with Crippen LogP contribution in [0, 0.1) is 0 Å². The molecule has 1 saturated carbocycles. The Kier molecular flexibility index (Phi) is 5.23. The van der Waals surface area contributed by atoms with Gasteiger partial charge in [-0.25, -0.2) is 0 Å². The molecule has 0 radical (unpaired) electrons. The van der Waals surface area contributed by atoms with Gasteiger partial charge in [-0.15, -0.1) is 0 Å². The number of halogens is 1. The first-order valence-corrected chi connectivity index (χ1v) is 7.31. The van der Waals surface area contributed by atoms with Crippen LogP contribution in [0.4, 0.5) is 0 Å². The Balaban J connectivity index is 1.74. The summed E-state index contributed by atoms with van der Waals surface area (Å²) in [6, 6.07) is 8.23. The highest BCUT2D eigenvalue weighted by atomic mass is 35.5. The fraction of sp³-hybridized carbons (Fsp3) is 0.533. The molecular formula is C15H21ClN2O. The van der Waals surface area contributed by atoms with Crippen LogP contribution in [0.3, 0.4) is 0 Å². The van der Waals surface area contributed by atoms with Gasteiger partial charge >= 0.3 is 0 Å². The molecule has 1 aromatic rings. The van der Waals surface area contributed by atoms with E-state index in [9.17, 15) is 4.79 Å². The van der Waals surface area contributed by atoms with Gasteiger partial charge in [-0.2, -0.15) is 0 Å². The van der Waals surface area contributed by atoms with Crippen molar-refractivity contribution < 1.29 is 4.79 Å². The molecule has 1 aliphatic rings. The van der Waals surface area contributed by atoms with Gasteiger partial charge in [0, 0.05) is 17.1 Å². The van der Waals surface area contributed by atoms with Crippen molar-refractivity contribution in [2.45, 2.75) is 44.7 Å². The zero-order chi connectivity index (χ0) is 13.7. The van der Waals surface area contributed by atoms with Crippen molar-refractivity contribution in [3.05, 3.63) is 34.9 Å². The molecular weight excluding hydrogens is 260 g/mol. The number of hydrogen-bond acceptors (Lipinski definition) is 2. The maximum atomic E-state index is 11.8. The Morgan fingerprint density at radius 1 is 1.32 bits per heavy atom. The Morgan fingerprint density at radius 2 is 1.95 bits per heavy atom. The molecule has 1 aromatic carbocycles. The molecule has 1 amide bonds. The molecule has 104 valence electrons. The van der Waals surface area contributed by atoms with Gasteiger partial charge in [-0.3, -0.25) is 4.79 Å². The van der Waals surface area contributed by atoms with E-state index in [0.29, 0.717) is 12.6 Å². The van der Waals surface area contributed by atoms with Crippen LogP contribution in [0.25, 0.3) is 0 Å². The van der Waals surface area contributed by atoms with E-state index in [-0.39, 0.29) is 11.9 Å². The zero-order valence-electron chi connectivity index (χ0n) is 11.3. The maximum absolute atomic E-state index is 11.8. The molecule has 1 fully saturated rings. The van der Waals surface area contributed by atoms with Gasteiger partial charge in [-0.1, -0.05) is 36.6 Å². The third kappa shape index (κ3) is 4.51. The van der Waals surface area contributed by atoms with E-state index in [2.05, 4.69) is 10.6 Å². The van der Waals surface area contributed by atoms with Gasteiger partial charge < -0.3 is 10.6 Å². The minimum Gasteiger partial charge on any atom is -0.352 e. The number of nitrogens with one attached hydrogen (secondary N) is 2. The molecule has 0 aliphatic heterocycles. The van der Waals surface area contributed by atoms with E-state index in [4.69, 9.17) is 11.6 Å². The Labute approximate surface area is 119 Å². The summed E-state index contributed by atoms with van der Waals surface area (Å²) in [5.41, 5.74) is 1.14. The molecule has 0 spiro atoms. The minimum absolute atomic E-state index is 0.0905. The standard InChI is InChI=1S/C15H21ClN2O/c1-11(12-6-8-13(16)9-7-12)17-10-15(19)18-14-4-2-3-5-14/h6-9,11,14,17H,2-5,10H2,1H3,(H,18,19)/t11-/m1/s1. The van der Waals surface area contributed by atoms with Gasteiger partial charge in [0.2, 0.25) is 5.91 Å². The van der Waals surface area contributed by atoms with Gasteiger partial charge in [0.25, 0.3) is 0 Å². The summed E-state index contributed by atoms with van der Waals surface area (Å²) in [5.74, 6) is 0.0905. The first-order chi connectivity index (χ1) is 9.15. The molecule has 0 saturated heterocycles. The molecule has 0 bridgehead atoms. The lowest BCUT2D eigenvalue weighted by molar-refractivity contribution is -0.121. The van der Waals surface area contributed by atoms with Crippen LogP contribution in [0.15, 0.2) is 24.3 Å². The number of amides is 1. The topological polar surface area (TPSA) is 41.1 Å². The van der Waals surface area contributed by atoms with E-state index in [1.165, 1.54) is 12.8 Å². The quantitative estimate of drug-likeness (QED) is 0.870. The second-order valence-electron chi connectivity index (χ2n) is 5.20. The lowest BCUT2D eigenvalue weighted by Gasteiger charge is -2.16. The van der Waals surface area contributed by atoms with Crippen LogP contribution in [-0.4, -0.2) is 18.5 Å². The number of hydrogen-bond donors (Lipinski definition) is 2. The average molecular weight is 281 g/mol. The van der Waals surface area contributed by atoms with Crippen molar-refractivity contribution in [3.8, 4) is 0 Å². The lowest BCUT2D eigenvalue weighted by atomic mass is 10.1. The average Bonchev–Trinajstić information content (AvgIpc) is 2.89. The van der Waals surface area contributed by atoms with Crippen LogP contribution in [-0.2, 0) is 4.79 Å². The highest BCUT2D eigenvalue weighted by Gasteiger charge is 2.17. The monoisotopic (exact) mass is 280 g/mol. The molecule has 2 rings (SSSR count).